The quantitative estimate of drug-likeness (QED) is 0.801. The second-order valence-electron chi connectivity index (χ2n) is 4.52. The number of thioether (sulfide) groups is 1. The largest absolute Gasteiger partial charge is 0.316 e. The molecule has 1 aromatic carbocycles. The molecule has 88 valence electrons. The van der Waals surface area contributed by atoms with Gasteiger partial charge in [0, 0.05) is 4.90 Å². The van der Waals surface area contributed by atoms with Crippen LogP contribution in [0.3, 0.4) is 0 Å². The maximum Gasteiger partial charge on any atom is 0.00719 e. The van der Waals surface area contributed by atoms with Gasteiger partial charge in [-0.15, -0.1) is 11.8 Å². The molecule has 0 aromatic heterocycles. The van der Waals surface area contributed by atoms with Crippen LogP contribution in [-0.2, 0) is 0 Å². The van der Waals surface area contributed by atoms with Crippen molar-refractivity contribution in [2.24, 2.45) is 5.92 Å². The predicted molar refractivity (Wildman–Crippen MR) is 72.0 cm³/mol. The zero-order valence-electron chi connectivity index (χ0n) is 9.82. The van der Waals surface area contributed by atoms with Crippen molar-refractivity contribution in [3.8, 4) is 0 Å². The smallest absolute Gasteiger partial charge is 0.00719 e. The van der Waals surface area contributed by atoms with E-state index in [1.54, 1.807) is 0 Å². The molecule has 1 fully saturated rings. The molecule has 2 heteroatoms. The Morgan fingerprint density at radius 3 is 2.94 bits per heavy atom. The van der Waals surface area contributed by atoms with E-state index >= 15 is 0 Å². The van der Waals surface area contributed by atoms with Crippen molar-refractivity contribution < 1.29 is 0 Å². The van der Waals surface area contributed by atoms with Crippen molar-refractivity contribution >= 4 is 11.8 Å². The van der Waals surface area contributed by atoms with Gasteiger partial charge in [-0.1, -0.05) is 24.6 Å². The van der Waals surface area contributed by atoms with E-state index in [1.807, 2.05) is 11.8 Å². The van der Waals surface area contributed by atoms with Gasteiger partial charge in [0.15, 0.2) is 0 Å². The monoisotopic (exact) mass is 235 g/mol. The van der Waals surface area contributed by atoms with Gasteiger partial charge in [-0.25, -0.2) is 0 Å². The molecule has 0 bridgehead atoms. The molecule has 1 nitrogen and oxygen atoms in total. The number of benzene rings is 1. The summed E-state index contributed by atoms with van der Waals surface area (Å²) in [7, 11) is 0. The van der Waals surface area contributed by atoms with Crippen LogP contribution in [0.15, 0.2) is 35.2 Å². The number of hydrogen-bond donors (Lipinski definition) is 1. The van der Waals surface area contributed by atoms with Crippen LogP contribution in [0.25, 0.3) is 0 Å². The minimum absolute atomic E-state index is 0.902. The van der Waals surface area contributed by atoms with Gasteiger partial charge in [0.1, 0.15) is 0 Å². The van der Waals surface area contributed by atoms with Crippen LogP contribution in [-0.4, -0.2) is 18.8 Å². The van der Waals surface area contributed by atoms with Crippen molar-refractivity contribution in [1.82, 2.24) is 5.32 Å². The van der Waals surface area contributed by atoms with Gasteiger partial charge in [-0.05, 0) is 56.2 Å². The molecule has 1 aromatic rings. The Morgan fingerprint density at radius 1 is 1.19 bits per heavy atom. The zero-order valence-corrected chi connectivity index (χ0v) is 10.6. The highest BCUT2D eigenvalue weighted by Crippen LogP contribution is 2.22. The van der Waals surface area contributed by atoms with Crippen LogP contribution in [0.1, 0.15) is 25.7 Å². The summed E-state index contributed by atoms with van der Waals surface area (Å²) in [6.45, 7) is 2.46. The first-order valence-corrected chi connectivity index (χ1v) is 7.32. The fourth-order valence-corrected chi connectivity index (χ4v) is 3.23. The maximum atomic E-state index is 3.54. The van der Waals surface area contributed by atoms with E-state index in [2.05, 4.69) is 35.6 Å². The standard InChI is InChI=1S/C14H21NS/c1-2-7-14(8-3-1)16-11-9-13-6-4-5-10-15-12-13/h1-3,7-8,13,15H,4-6,9-12H2. The van der Waals surface area contributed by atoms with Crippen molar-refractivity contribution in [3.05, 3.63) is 30.3 Å². The summed E-state index contributed by atoms with van der Waals surface area (Å²) < 4.78 is 0. The molecule has 1 aliphatic heterocycles. The molecule has 0 aliphatic carbocycles. The van der Waals surface area contributed by atoms with Crippen molar-refractivity contribution in [2.75, 3.05) is 18.8 Å². The van der Waals surface area contributed by atoms with E-state index in [9.17, 15) is 0 Å². The van der Waals surface area contributed by atoms with Gasteiger partial charge in [0.2, 0.25) is 0 Å². The molecule has 1 saturated heterocycles. The van der Waals surface area contributed by atoms with E-state index in [0.29, 0.717) is 0 Å². The first kappa shape index (κ1) is 12.0. The van der Waals surface area contributed by atoms with Crippen LogP contribution in [0.5, 0.6) is 0 Å². The van der Waals surface area contributed by atoms with Crippen molar-refractivity contribution in [2.45, 2.75) is 30.6 Å². The zero-order chi connectivity index (χ0) is 11.1. The van der Waals surface area contributed by atoms with Crippen molar-refractivity contribution in [1.29, 1.82) is 0 Å². The average Bonchev–Trinajstić information content (AvgIpc) is 2.59. The molecule has 0 radical (unpaired) electrons. The molecule has 16 heavy (non-hydrogen) atoms. The van der Waals surface area contributed by atoms with Gasteiger partial charge < -0.3 is 5.32 Å². The Bertz CT molecular complexity index is 278. The molecule has 1 aliphatic rings. The number of hydrogen-bond acceptors (Lipinski definition) is 2. The Kier molecular flexibility index (Phi) is 5.23. The predicted octanol–water partition coefficient (Wildman–Crippen LogP) is 3.56. The first-order chi connectivity index (χ1) is 7.95. The van der Waals surface area contributed by atoms with E-state index in [4.69, 9.17) is 0 Å². The fourth-order valence-electron chi connectivity index (χ4n) is 2.20. The molecular weight excluding hydrogens is 214 g/mol. The van der Waals surface area contributed by atoms with Crippen LogP contribution >= 0.6 is 11.8 Å². The summed E-state index contributed by atoms with van der Waals surface area (Å²) in [6.07, 6.45) is 5.55. The molecule has 1 heterocycles. The summed E-state index contributed by atoms with van der Waals surface area (Å²) in [5, 5.41) is 3.54. The molecule has 0 saturated carbocycles. The van der Waals surface area contributed by atoms with E-state index in [-0.39, 0.29) is 0 Å². The van der Waals surface area contributed by atoms with E-state index < -0.39 is 0 Å². The SMILES string of the molecule is c1ccc(SCCC2CCCCNC2)cc1. The minimum Gasteiger partial charge on any atom is -0.316 e. The lowest BCUT2D eigenvalue weighted by Gasteiger charge is -2.13. The third-order valence-corrected chi connectivity index (χ3v) is 4.23. The fraction of sp³-hybridized carbons (Fsp3) is 0.571. The number of nitrogens with one attached hydrogen (secondary N) is 1. The second kappa shape index (κ2) is 6.97. The Balaban J connectivity index is 1.67. The highest BCUT2D eigenvalue weighted by molar-refractivity contribution is 7.99. The van der Waals surface area contributed by atoms with Crippen LogP contribution in [0.4, 0.5) is 0 Å². The average molecular weight is 235 g/mol. The lowest BCUT2D eigenvalue weighted by Crippen LogP contribution is -2.20. The molecule has 0 amide bonds. The van der Waals surface area contributed by atoms with E-state index in [1.165, 1.54) is 49.4 Å². The topological polar surface area (TPSA) is 12.0 Å². The molecule has 1 atom stereocenters. The lowest BCUT2D eigenvalue weighted by atomic mass is 10.0. The Labute approximate surface area is 103 Å². The lowest BCUT2D eigenvalue weighted by molar-refractivity contribution is 0.469. The number of rotatable bonds is 4. The minimum atomic E-state index is 0.902. The molecular formula is C14H21NS. The highest BCUT2D eigenvalue weighted by Gasteiger charge is 2.11. The van der Waals surface area contributed by atoms with E-state index in [0.717, 1.165) is 5.92 Å². The van der Waals surface area contributed by atoms with Gasteiger partial charge >= 0.3 is 0 Å². The van der Waals surface area contributed by atoms with Gasteiger partial charge in [-0.3, -0.25) is 0 Å². The normalized spacial score (nSPS) is 21.6. The third kappa shape index (κ3) is 4.18. The first-order valence-electron chi connectivity index (χ1n) is 6.34. The molecule has 0 spiro atoms. The Hall–Kier alpha value is -0.470. The van der Waals surface area contributed by atoms with Gasteiger partial charge in [0.05, 0.1) is 0 Å². The van der Waals surface area contributed by atoms with Gasteiger partial charge in [-0.2, -0.15) is 0 Å². The summed E-state index contributed by atoms with van der Waals surface area (Å²) in [6, 6.07) is 10.7. The molecule has 1 unspecified atom stereocenters. The van der Waals surface area contributed by atoms with Crippen molar-refractivity contribution in [3.63, 3.8) is 0 Å². The summed E-state index contributed by atoms with van der Waals surface area (Å²) in [4.78, 5) is 1.41. The molecule has 1 N–H and O–H groups in total. The summed E-state index contributed by atoms with van der Waals surface area (Å²) in [5.74, 6) is 2.16. The highest BCUT2D eigenvalue weighted by atomic mass is 32.2. The van der Waals surface area contributed by atoms with Crippen LogP contribution in [0, 0.1) is 5.92 Å². The maximum absolute atomic E-state index is 3.54. The third-order valence-electron chi connectivity index (χ3n) is 3.19. The Morgan fingerprint density at radius 2 is 2.06 bits per heavy atom. The summed E-state index contributed by atoms with van der Waals surface area (Å²) in [5.41, 5.74) is 0. The summed E-state index contributed by atoms with van der Waals surface area (Å²) >= 11 is 1.99. The second-order valence-corrected chi connectivity index (χ2v) is 5.68. The van der Waals surface area contributed by atoms with Crippen LogP contribution in [0.2, 0.25) is 0 Å². The molecule has 2 rings (SSSR count). The van der Waals surface area contributed by atoms with Gasteiger partial charge in [0.25, 0.3) is 0 Å². The van der Waals surface area contributed by atoms with Crippen LogP contribution < -0.4 is 5.32 Å².